The van der Waals surface area contributed by atoms with E-state index in [1.807, 2.05) is 0 Å². The lowest BCUT2D eigenvalue weighted by atomic mass is 10.1. The highest BCUT2D eigenvalue weighted by molar-refractivity contribution is 4.87. The van der Waals surface area contributed by atoms with Gasteiger partial charge < -0.3 is 20.2 Å². The molecule has 0 radical (unpaired) electrons. The molecule has 3 unspecified atom stereocenters. The number of nitrogens with one attached hydrogen (secondary N) is 1. The first-order chi connectivity index (χ1) is 8.58. The summed E-state index contributed by atoms with van der Waals surface area (Å²) in [7, 11) is 4.34. The molecular formula is C14H31N3O. The zero-order valence-electron chi connectivity index (χ0n) is 12.5. The average Bonchev–Trinajstić information content (AvgIpc) is 2.71. The van der Waals surface area contributed by atoms with Crippen LogP contribution >= 0.6 is 0 Å². The van der Waals surface area contributed by atoms with Crippen LogP contribution < -0.4 is 5.32 Å². The third kappa shape index (κ3) is 4.84. The van der Waals surface area contributed by atoms with Crippen molar-refractivity contribution in [2.75, 3.05) is 46.9 Å². The summed E-state index contributed by atoms with van der Waals surface area (Å²) in [6, 6.07) is 0.944. The molecule has 0 aromatic heterocycles. The van der Waals surface area contributed by atoms with Gasteiger partial charge >= 0.3 is 0 Å². The van der Waals surface area contributed by atoms with Gasteiger partial charge in [-0.05, 0) is 45.9 Å². The van der Waals surface area contributed by atoms with Gasteiger partial charge in [-0.3, -0.25) is 0 Å². The van der Waals surface area contributed by atoms with E-state index in [2.05, 4.69) is 43.1 Å². The Morgan fingerprint density at radius 1 is 1.39 bits per heavy atom. The molecule has 0 bridgehead atoms. The standard InChI is InChI=1S/C14H31N3O/c1-5-7-15-13(11-18)6-8-17-9-12(2)14(10-17)16(3)4/h12-15,18H,5-11H2,1-4H3. The summed E-state index contributed by atoms with van der Waals surface area (Å²) in [5.74, 6) is 0.746. The molecule has 4 heteroatoms. The van der Waals surface area contributed by atoms with Gasteiger partial charge in [0.1, 0.15) is 0 Å². The lowest BCUT2D eigenvalue weighted by molar-refractivity contribution is 0.211. The smallest absolute Gasteiger partial charge is 0.0585 e. The van der Waals surface area contributed by atoms with E-state index < -0.39 is 0 Å². The molecule has 108 valence electrons. The number of aliphatic hydroxyl groups excluding tert-OH is 1. The van der Waals surface area contributed by atoms with Gasteiger partial charge in [0.2, 0.25) is 0 Å². The molecule has 3 atom stereocenters. The minimum Gasteiger partial charge on any atom is -0.395 e. The molecule has 1 fully saturated rings. The Labute approximate surface area is 112 Å². The predicted octanol–water partition coefficient (Wildman–Crippen LogP) is 0.619. The van der Waals surface area contributed by atoms with E-state index in [1.54, 1.807) is 0 Å². The molecule has 1 heterocycles. The van der Waals surface area contributed by atoms with Crippen LogP contribution in [0.3, 0.4) is 0 Å². The minimum atomic E-state index is 0.250. The molecule has 1 rings (SSSR count). The Morgan fingerprint density at radius 3 is 2.61 bits per heavy atom. The van der Waals surface area contributed by atoms with Crippen molar-refractivity contribution in [1.82, 2.24) is 15.1 Å². The maximum Gasteiger partial charge on any atom is 0.0585 e. The molecule has 0 amide bonds. The molecule has 18 heavy (non-hydrogen) atoms. The number of rotatable bonds is 8. The summed E-state index contributed by atoms with van der Waals surface area (Å²) in [5, 5.41) is 12.7. The van der Waals surface area contributed by atoms with E-state index in [4.69, 9.17) is 0 Å². The highest BCUT2D eigenvalue weighted by Gasteiger charge is 2.30. The van der Waals surface area contributed by atoms with E-state index in [0.29, 0.717) is 6.04 Å². The number of likely N-dealkylation sites (tertiary alicyclic amines) is 1. The van der Waals surface area contributed by atoms with Crippen molar-refractivity contribution < 1.29 is 5.11 Å². The second-order valence-electron chi connectivity index (χ2n) is 5.89. The van der Waals surface area contributed by atoms with E-state index in [1.165, 1.54) is 13.1 Å². The van der Waals surface area contributed by atoms with E-state index in [-0.39, 0.29) is 12.6 Å². The van der Waals surface area contributed by atoms with Gasteiger partial charge in [-0.15, -0.1) is 0 Å². The minimum absolute atomic E-state index is 0.250. The van der Waals surface area contributed by atoms with Gasteiger partial charge in [-0.1, -0.05) is 13.8 Å². The van der Waals surface area contributed by atoms with Gasteiger partial charge in [-0.25, -0.2) is 0 Å². The first-order valence-corrected chi connectivity index (χ1v) is 7.31. The second kappa shape index (κ2) is 8.10. The Kier molecular flexibility index (Phi) is 7.15. The molecule has 0 aromatic rings. The molecule has 0 aromatic carbocycles. The van der Waals surface area contributed by atoms with Crippen LogP contribution in [0.5, 0.6) is 0 Å². The number of hydrogen-bond acceptors (Lipinski definition) is 4. The van der Waals surface area contributed by atoms with Crippen LogP contribution in [0.15, 0.2) is 0 Å². The molecular weight excluding hydrogens is 226 g/mol. The highest BCUT2D eigenvalue weighted by atomic mass is 16.3. The van der Waals surface area contributed by atoms with Crippen LogP contribution in [0.1, 0.15) is 26.7 Å². The average molecular weight is 257 g/mol. The number of nitrogens with zero attached hydrogens (tertiary/aromatic N) is 2. The van der Waals surface area contributed by atoms with E-state index >= 15 is 0 Å². The summed E-state index contributed by atoms with van der Waals surface area (Å²) < 4.78 is 0. The van der Waals surface area contributed by atoms with Gasteiger partial charge in [-0.2, -0.15) is 0 Å². The highest BCUT2D eigenvalue weighted by Crippen LogP contribution is 2.20. The molecule has 0 saturated carbocycles. The summed E-state index contributed by atoms with van der Waals surface area (Å²) >= 11 is 0. The van der Waals surface area contributed by atoms with Gasteiger partial charge in [0.15, 0.2) is 0 Å². The quantitative estimate of drug-likeness (QED) is 0.669. The van der Waals surface area contributed by atoms with Crippen LogP contribution in [-0.2, 0) is 0 Å². The van der Waals surface area contributed by atoms with Crippen LogP contribution in [0.25, 0.3) is 0 Å². The van der Waals surface area contributed by atoms with Crippen molar-refractivity contribution in [3.05, 3.63) is 0 Å². The molecule has 1 aliphatic rings. The van der Waals surface area contributed by atoms with Crippen LogP contribution in [0, 0.1) is 5.92 Å². The topological polar surface area (TPSA) is 38.7 Å². The first kappa shape index (κ1) is 15.9. The monoisotopic (exact) mass is 257 g/mol. The molecule has 4 nitrogen and oxygen atoms in total. The zero-order valence-corrected chi connectivity index (χ0v) is 12.5. The summed E-state index contributed by atoms with van der Waals surface area (Å²) in [6.45, 7) is 9.20. The Balaban J connectivity index is 2.27. The molecule has 1 aliphatic heterocycles. The normalized spacial score (nSPS) is 27.0. The van der Waals surface area contributed by atoms with Crippen molar-refractivity contribution in [3.8, 4) is 0 Å². The first-order valence-electron chi connectivity index (χ1n) is 7.31. The summed E-state index contributed by atoms with van der Waals surface area (Å²) in [4.78, 5) is 4.87. The largest absolute Gasteiger partial charge is 0.395 e. The van der Waals surface area contributed by atoms with Crippen LogP contribution in [-0.4, -0.2) is 73.9 Å². The number of likely N-dealkylation sites (N-methyl/N-ethyl adjacent to an activating group) is 1. The van der Waals surface area contributed by atoms with Gasteiger partial charge in [0, 0.05) is 25.2 Å². The van der Waals surface area contributed by atoms with E-state index in [9.17, 15) is 5.11 Å². The van der Waals surface area contributed by atoms with Crippen LogP contribution in [0.2, 0.25) is 0 Å². The molecule has 0 aliphatic carbocycles. The summed E-state index contributed by atoms with van der Waals surface area (Å²) in [5.41, 5.74) is 0. The SMILES string of the molecule is CCCNC(CO)CCN1CC(C)C(N(C)C)C1. The third-order valence-corrected chi connectivity index (χ3v) is 4.01. The summed E-state index contributed by atoms with van der Waals surface area (Å²) in [6.07, 6.45) is 2.17. The fourth-order valence-electron chi connectivity index (χ4n) is 2.85. The van der Waals surface area contributed by atoms with Crippen molar-refractivity contribution >= 4 is 0 Å². The fourth-order valence-corrected chi connectivity index (χ4v) is 2.85. The lowest BCUT2D eigenvalue weighted by Gasteiger charge is -2.23. The lowest BCUT2D eigenvalue weighted by Crippen LogP contribution is -2.38. The van der Waals surface area contributed by atoms with Crippen molar-refractivity contribution in [2.45, 2.75) is 38.8 Å². The van der Waals surface area contributed by atoms with Crippen molar-refractivity contribution in [1.29, 1.82) is 0 Å². The molecule has 0 spiro atoms. The molecule has 2 N–H and O–H groups in total. The molecule has 1 saturated heterocycles. The van der Waals surface area contributed by atoms with E-state index in [0.717, 1.165) is 31.8 Å². The maximum absolute atomic E-state index is 9.33. The number of hydrogen-bond donors (Lipinski definition) is 2. The van der Waals surface area contributed by atoms with Gasteiger partial charge in [0.25, 0.3) is 0 Å². The number of aliphatic hydroxyl groups is 1. The Bertz CT molecular complexity index is 223. The Hall–Kier alpha value is -0.160. The Morgan fingerprint density at radius 2 is 2.11 bits per heavy atom. The fraction of sp³-hybridized carbons (Fsp3) is 1.00. The second-order valence-corrected chi connectivity index (χ2v) is 5.89. The zero-order chi connectivity index (χ0) is 13.5. The van der Waals surface area contributed by atoms with Crippen molar-refractivity contribution in [3.63, 3.8) is 0 Å². The van der Waals surface area contributed by atoms with Gasteiger partial charge in [0.05, 0.1) is 6.61 Å². The third-order valence-electron chi connectivity index (χ3n) is 4.01. The maximum atomic E-state index is 9.33. The van der Waals surface area contributed by atoms with Crippen molar-refractivity contribution in [2.24, 2.45) is 5.92 Å². The van der Waals surface area contributed by atoms with Crippen LogP contribution in [0.4, 0.5) is 0 Å². The predicted molar refractivity (Wildman–Crippen MR) is 76.9 cm³/mol.